The summed E-state index contributed by atoms with van der Waals surface area (Å²) in [4.78, 5) is 25.2. The lowest BCUT2D eigenvalue weighted by Crippen LogP contribution is -2.62. The lowest BCUT2D eigenvalue weighted by atomic mass is 9.90. The number of fused-ring (bicyclic) bond motifs is 3. The fourth-order valence-corrected chi connectivity index (χ4v) is 6.62. The average molecular weight is 568 g/mol. The Morgan fingerprint density at radius 2 is 2.00 bits per heavy atom. The quantitative estimate of drug-likeness (QED) is 0.491. The van der Waals surface area contributed by atoms with Crippen LogP contribution in [-0.2, 0) is 21.4 Å². The minimum absolute atomic E-state index is 0.0318. The molecular weight excluding hydrogens is 528 g/mol. The molecule has 3 atom stereocenters. The van der Waals surface area contributed by atoms with Crippen molar-refractivity contribution in [2.45, 2.75) is 57.7 Å². The highest BCUT2D eigenvalue weighted by Gasteiger charge is 2.42. The molecule has 5 heterocycles. The van der Waals surface area contributed by atoms with Crippen LogP contribution in [0, 0.1) is 11.6 Å². The van der Waals surface area contributed by atoms with Crippen LogP contribution < -0.4 is 10.2 Å². The van der Waals surface area contributed by atoms with E-state index in [0.717, 1.165) is 62.4 Å². The standard InChI is InChI=1S/C30H39F2N7O2/c1-19-13-37(24(12-33-19)14-36-7-8-41-16-20(36)2)15-27(40)38-17-30(3,4)28-26(38)10-22(29-34-18-35-39(28)29)9-21-5-6-23(31)11-25(21)32/h5-6,10-11,18-20,24,33H,7-9,12-17H2,1-4H3/t19-,20-,24-/m1/s1. The van der Waals surface area contributed by atoms with Crippen LogP contribution in [0.5, 0.6) is 0 Å². The molecule has 1 N–H and O–H groups in total. The van der Waals surface area contributed by atoms with Gasteiger partial charge in [0, 0.05) is 74.3 Å². The number of piperazine rings is 1. The van der Waals surface area contributed by atoms with Gasteiger partial charge in [0.15, 0.2) is 5.65 Å². The van der Waals surface area contributed by atoms with Gasteiger partial charge in [0.05, 0.1) is 31.1 Å². The third kappa shape index (κ3) is 5.48. The lowest BCUT2D eigenvalue weighted by Gasteiger charge is -2.43. The molecule has 0 unspecified atom stereocenters. The predicted octanol–water partition coefficient (Wildman–Crippen LogP) is 2.61. The van der Waals surface area contributed by atoms with Gasteiger partial charge in [0.25, 0.3) is 0 Å². The van der Waals surface area contributed by atoms with Crippen molar-refractivity contribution in [1.82, 2.24) is 29.7 Å². The van der Waals surface area contributed by atoms with E-state index in [0.29, 0.717) is 30.3 Å². The van der Waals surface area contributed by atoms with E-state index in [1.165, 1.54) is 18.5 Å². The molecule has 3 aliphatic rings. The Bertz CT molecular complexity index is 1440. The van der Waals surface area contributed by atoms with Gasteiger partial charge in [-0.15, -0.1) is 0 Å². The Kier molecular flexibility index (Phi) is 7.56. The number of rotatable bonds is 6. The Hall–Kier alpha value is -2.99. The number of nitrogens with one attached hydrogen (secondary N) is 1. The minimum Gasteiger partial charge on any atom is -0.379 e. The highest BCUT2D eigenvalue weighted by Crippen LogP contribution is 2.42. The van der Waals surface area contributed by atoms with E-state index in [2.05, 4.69) is 52.9 Å². The minimum atomic E-state index is -0.616. The van der Waals surface area contributed by atoms with Crippen molar-refractivity contribution in [3.05, 3.63) is 59.0 Å². The number of carbonyl (C=O) groups is 1. The van der Waals surface area contributed by atoms with Crippen LogP contribution in [0.1, 0.15) is 44.5 Å². The normalized spacial score (nSPS) is 25.1. The number of hydrogen-bond donors (Lipinski definition) is 1. The van der Waals surface area contributed by atoms with Gasteiger partial charge < -0.3 is 15.0 Å². The monoisotopic (exact) mass is 567 g/mol. The number of carbonyl (C=O) groups excluding carboxylic acids is 1. The zero-order valence-corrected chi connectivity index (χ0v) is 24.2. The molecule has 1 aromatic carbocycles. The molecule has 0 spiro atoms. The van der Waals surface area contributed by atoms with Crippen molar-refractivity contribution >= 4 is 17.2 Å². The third-order valence-corrected chi connectivity index (χ3v) is 8.80. The molecule has 2 fully saturated rings. The molecule has 11 heteroatoms. The third-order valence-electron chi connectivity index (χ3n) is 8.80. The highest BCUT2D eigenvalue weighted by atomic mass is 19.1. The molecule has 2 aromatic heterocycles. The van der Waals surface area contributed by atoms with Crippen LogP contribution in [0.3, 0.4) is 0 Å². The first-order valence-electron chi connectivity index (χ1n) is 14.5. The summed E-state index contributed by atoms with van der Waals surface area (Å²) in [6.07, 6.45) is 1.69. The summed E-state index contributed by atoms with van der Waals surface area (Å²) in [5, 5.41) is 8.10. The maximum absolute atomic E-state index is 14.6. The highest BCUT2D eigenvalue weighted by molar-refractivity contribution is 5.97. The number of benzene rings is 1. The van der Waals surface area contributed by atoms with Crippen molar-refractivity contribution in [1.29, 1.82) is 0 Å². The number of halogens is 2. The summed E-state index contributed by atoms with van der Waals surface area (Å²) in [6.45, 7) is 14.2. The Morgan fingerprint density at radius 3 is 2.78 bits per heavy atom. The van der Waals surface area contributed by atoms with E-state index in [1.54, 1.807) is 4.52 Å². The summed E-state index contributed by atoms with van der Waals surface area (Å²) < 4.78 is 35.6. The largest absolute Gasteiger partial charge is 0.379 e. The van der Waals surface area contributed by atoms with Crippen LogP contribution >= 0.6 is 0 Å². The molecule has 3 aromatic rings. The second kappa shape index (κ2) is 11.0. The second-order valence-corrected chi connectivity index (χ2v) is 12.5. The first-order valence-corrected chi connectivity index (χ1v) is 14.5. The van der Waals surface area contributed by atoms with Crippen molar-refractivity contribution in [3.8, 4) is 0 Å². The van der Waals surface area contributed by atoms with Crippen molar-refractivity contribution < 1.29 is 18.3 Å². The Morgan fingerprint density at radius 1 is 1.17 bits per heavy atom. The van der Waals surface area contributed by atoms with Gasteiger partial charge in [-0.05, 0) is 31.5 Å². The van der Waals surface area contributed by atoms with E-state index >= 15 is 0 Å². The molecule has 0 aliphatic carbocycles. The molecule has 0 radical (unpaired) electrons. The topological polar surface area (TPSA) is 78.2 Å². The first kappa shape index (κ1) is 28.1. The molecule has 220 valence electrons. The number of pyridine rings is 1. The van der Waals surface area contributed by atoms with Crippen molar-refractivity contribution in [3.63, 3.8) is 0 Å². The second-order valence-electron chi connectivity index (χ2n) is 12.5. The summed E-state index contributed by atoms with van der Waals surface area (Å²) in [5.74, 6) is -1.19. The molecule has 6 rings (SSSR count). The number of ether oxygens (including phenoxy) is 1. The van der Waals surface area contributed by atoms with Crippen LogP contribution in [-0.4, -0.2) is 101 Å². The fourth-order valence-electron chi connectivity index (χ4n) is 6.62. The predicted molar refractivity (Wildman–Crippen MR) is 152 cm³/mol. The average Bonchev–Trinajstić information content (AvgIpc) is 3.51. The van der Waals surface area contributed by atoms with Gasteiger partial charge in [-0.25, -0.2) is 18.3 Å². The zero-order chi connectivity index (χ0) is 28.9. The van der Waals surface area contributed by atoms with E-state index in [1.807, 2.05) is 11.0 Å². The smallest absolute Gasteiger partial charge is 0.241 e. The fraction of sp³-hybridized carbons (Fsp3) is 0.567. The van der Waals surface area contributed by atoms with Gasteiger partial charge >= 0.3 is 0 Å². The first-order chi connectivity index (χ1) is 19.6. The van der Waals surface area contributed by atoms with Crippen LogP contribution in [0.2, 0.25) is 0 Å². The molecular formula is C30H39F2N7O2. The molecule has 2 saturated heterocycles. The summed E-state index contributed by atoms with van der Waals surface area (Å²) in [6, 6.07) is 6.40. The molecule has 3 aliphatic heterocycles. The zero-order valence-electron chi connectivity index (χ0n) is 24.2. The Labute approximate surface area is 239 Å². The summed E-state index contributed by atoms with van der Waals surface area (Å²) >= 11 is 0. The number of morpholine rings is 1. The van der Waals surface area contributed by atoms with Gasteiger partial charge in [0.1, 0.15) is 18.0 Å². The van der Waals surface area contributed by atoms with E-state index in [4.69, 9.17) is 4.74 Å². The molecule has 41 heavy (non-hydrogen) atoms. The summed E-state index contributed by atoms with van der Waals surface area (Å²) in [5.41, 5.74) is 3.03. The lowest BCUT2D eigenvalue weighted by molar-refractivity contribution is -0.121. The number of nitrogens with zero attached hydrogens (tertiary/aromatic N) is 6. The van der Waals surface area contributed by atoms with Crippen LogP contribution in [0.4, 0.5) is 14.5 Å². The molecule has 9 nitrogen and oxygen atoms in total. The number of anilines is 1. The van der Waals surface area contributed by atoms with Gasteiger partial charge in [0.2, 0.25) is 5.91 Å². The van der Waals surface area contributed by atoms with Gasteiger partial charge in [-0.2, -0.15) is 5.10 Å². The van der Waals surface area contributed by atoms with E-state index in [9.17, 15) is 13.6 Å². The number of aromatic nitrogens is 3. The number of hydrogen-bond acceptors (Lipinski definition) is 7. The van der Waals surface area contributed by atoms with Gasteiger partial charge in [-0.3, -0.25) is 14.6 Å². The Balaban J connectivity index is 1.29. The number of amides is 1. The van der Waals surface area contributed by atoms with E-state index in [-0.39, 0.29) is 29.8 Å². The molecule has 0 bridgehead atoms. The van der Waals surface area contributed by atoms with Crippen molar-refractivity contribution in [2.75, 3.05) is 57.4 Å². The molecule has 0 saturated carbocycles. The maximum Gasteiger partial charge on any atom is 0.241 e. The summed E-state index contributed by atoms with van der Waals surface area (Å²) in [7, 11) is 0. The molecule has 1 amide bonds. The SMILES string of the molecule is C[C@@H]1CN(CC(=O)N2CC(C)(C)c3c2cc(Cc2ccc(F)cc2F)c2ncnn32)[C@@H](CN2CCOC[C@H]2C)CN1. The van der Waals surface area contributed by atoms with Crippen molar-refractivity contribution in [2.24, 2.45) is 0 Å². The van der Waals surface area contributed by atoms with Crippen LogP contribution in [0.25, 0.3) is 5.65 Å². The van der Waals surface area contributed by atoms with Crippen LogP contribution in [0.15, 0.2) is 30.6 Å². The van der Waals surface area contributed by atoms with E-state index < -0.39 is 11.6 Å². The maximum atomic E-state index is 14.6. The van der Waals surface area contributed by atoms with Gasteiger partial charge in [-0.1, -0.05) is 19.9 Å².